The maximum atomic E-state index is 13.4. The molecule has 1 fully saturated rings. The zero-order chi connectivity index (χ0) is 18.7. The van der Waals surface area contributed by atoms with E-state index in [1.165, 1.54) is 6.07 Å². The minimum Gasteiger partial charge on any atom is -0.343 e. The highest BCUT2D eigenvalue weighted by Gasteiger charge is 2.25. The summed E-state index contributed by atoms with van der Waals surface area (Å²) in [4.78, 5) is 18.6. The van der Waals surface area contributed by atoms with Gasteiger partial charge in [-0.1, -0.05) is 5.16 Å². The van der Waals surface area contributed by atoms with E-state index in [1.807, 2.05) is 11.8 Å². The van der Waals surface area contributed by atoms with Crippen molar-refractivity contribution in [2.24, 2.45) is 11.7 Å². The summed E-state index contributed by atoms with van der Waals surface area (Å²) in [7, 11) is 0. The Morgan fingerprint density at radius 1 is 1.42 bits per heavy atom. The van der Waals surface area contributed by atoms with Crippen molar-refractivity contribution >= 4 is 5.91 Å². The molecule has 1 amide bonds. The number of carbonyl (C=O) groups is 1. The van der Waals surface area contributed by atoms with E-state index in [4.69, 9.17) is 10.3 Å². The summed E-state index contributed by atoms with van der Waals surface area (Å²) in [6.07, 6.45) is 2.65. The third kappa shape index (κ3) is 4.27. The average Bonchev–Trinajstić information content (AvgIpc) is 3.11. The molecule has 1 aromatic heterocycles. The molecule has 6 nitrogen and oxygen atoms in total. The molecule has 0 saturated carbocycles. The Morgan fingerprint density at radius 2 is 2.15 bits per heavy atom. The number of hydrogen-bond donors (Lipinski definition) is 1. The normalized spacial score (nSPS) is 16.7. The van der Waals surface area contributed by atoms with Crippen LogP contribution in [0.25, 0.3) is 11.4 Å². The van der Waals surface area contributed by atoms with Crippen LogP contribution in [0.1, 0.15) is 37.6 Å². The third-order valence-corrected chi connectivity index (χ3v) is 5.07. The molecule has 3 rings (SSSR count). The first-order chi connectivity index (χ1) is 12.4. The van der Waals surface area contributed by atoms with Gasteiger partial charge in [0.25, 0.3) is 0 Å². The van der Waals surface area contributed by atoms with E-state index in [1.54, 1.807) is 19.1 Å². The lowest BCUT2D eigenvalue weighted by Gasteiger charge is -2.33. The van der Waals surface area contributed by atoms with Crippen LogP contribution < -0.4 is 5.73 Å². The molecule has 2 N–H and O–H groups in total. The molecule has 26 heavy (non-hydrogen) atoms. The van der Waals surface area contributed by atoms with Gasteiger partial charge in [0, 0.05) is 37.5 Å². The molecule has 1 aromatic carbocycles. The number of likely N-dealkylation sites (tertiary alicyclic amines) is 1. The maximum Gasteiger partial charge on any atom is 0.227 e. The van der Waals surface area contributed by atoms with Gasteiger partial charge in [0.15, 0.2) is 0 Å². The van der Waals surface area contributed by atoms with E-state index >= 15 is 0 Å². The van der Waals surface area contributed by atoms with Crippen LogP contribution in [0.5, 0.6) is 0 Å². The lowest BCUT2D eigenvalue weighted by Crippen LogP contribution is -2.42. The summed E-state index contributed by atoms with van der Waals surface area (Å²) < 4.78 is 18.6. The first-order valence-corrected chi connectivity index (χ1v) is 9.06. The molecule has 0 aliphatic carbocycles. The second kappa shape index (κ2) is 7.95. The van der Waals surface area contributed by atoms with Gasteiger partial charge in [-0.3, -0.25) is 4.79 Å². The van der Waals surface area contributed by atoms with Crippen molar-refractivity contribution in [3.63, 3.8) is 0 Å². The smallest absolute Gasteiger partial charge is 0.227 e. The average molecular weight is 360 g/mol. The highest BCUT2D eigenvalue weighted by Crippen LogP contribution is 2.21. The van der Waals surface area contributed by atoms with Crippen LogP contribution in [0, 0.1) is 18.7 Å². The zero-order valence-corrected chi connectivity index (χ0v) is 15.2. The van der Waals surface area contributed by atoms with Crippen molar-refractivity contribution < 1.29 is 13.7 Å². The van der Waals surface area contributed by atoms with Crippen LogP contribution in [0.4, 0.5) is 4.39 Å². The molecular weight excluding hydrogens is 335 g/mol. The van der Waals surface area contributed by atoms with Gasteiger partial charge in [0.2, 0.25) is 17.6 Å². The van der Waals surface area contributed by atoms with Crippen LogP contribution in [-0.4, -0.2) is 40.1 Å². The molecular formula is C19H25FN4O2. The predicted octanol–water partition coefficient (Wildman–Crippen LogP) is 2.70. The van der Waals surface area contributed by atoms with E-state index in [2.05, 4.69) is 10.1 Å². The summed E-state index contributed by atoms with van der Waals surface area (Å²) in [6, 6.07) is 4.86. The zero-order valence-electron chi connectivity index (χ0n) is 15.2. The summed E-state index contributed by atoms with van der Waals surface area (Å²) in [5, 5.41) is 3.93. The topological polar surface area (TPSA) is 85.2 Å². The Labute approximate surface area is 152 Å². The molecule has 0 spiro atoms. The Bertz CT molecular complexity index is 767. The van der Waals surface area contributed by atoms with Gasteiger partial charge in [0.1, 0.15) is 5.82 Å². The fourth-order valence-electron chi connectivity index (χ4n) is 3.30. The fourth-order valence-corrected chi connectivity index (χ4v) is 3.30. The van der Waals surface area contributed by atoms with Crippen molar-refractivity contribution in [3.05, 3.63) is 35.5 Å². The molecule has 2 aromatic rings. The Kier molecular flexibility index (Phi) is 5.66. The predicted molar refractivity (Wildman–Crippen MR) is 95.7 cm³/mol. The van der Waals surface area contributed by atoms with Gasteiger partial charge in [-0.05, 0) is 56.4 Å². The number of rotatable bonds is 5. The molecule has 1 aliphatic heterocycles. The number of benzene rings is 1. The highest BCUT2D eigenvalue weighted by molar-refractivity contribution is 5.76. The molecule has 1 aliphatic rings. The van der Waals surface area contributed by atoms with Gasteiger partial charge in [-0.25, -0.2) is 4.39 Å². The Morgan fingerprint density at radius 3 is 2.81 bits per heavy atom. The molecule has 1 saturated heterocycles. The molecule has 7 heteroatoms. The van der Waals surface area contributed by atoms with Crippen LogP contribution in [0.3, 0.4) is 0 Å². The Hall–Kier alpha value is -2.28. The van der Waals surface area contributed by atoms with Crippen molar-refractivity contribution in [2.75, 3.05) is 13.1 Å². The number of nitrogens with zero attached hydrogens (tertiary/aromatic N) is 3. The standard InChI is InChI=1S/C19H25FN4O2/c1-12-11-15(3-4-16(12)20)19-22-17(26-23-19)5-6-18(25)24-9-7-14(8-10-24)13(2)21/h3-4,11,13-14H,5-10,21H2,1-2H3. The number of carbonyl (C=O) groups excluding carboxylic acids is 1. The van der Waals surface area contributed by atoms with Crippen LogP contribution >= 0.6 is 0 Å². The van der Waals surface area contributed by atoms with E-state index in [9.17, 15) is 9.18 Å². The van der Waals surface area contributed by atoms with Gasteiger partial charge in [-0.15, -0.1) is 0 Å². The van der Waals surface area contributed by atoms with Crippen molar-refractivity contribution in [2.45, 2.75) is 45.6 Å². The van der Waals surface area contributed by atoms with Gasteiger partial charge < -0.3 is 15.2 Å². The van der Waals surface area contributed by atoms with E-state index in [0.29, 0.717) is 41.6 Å². The van der Waals surface area contributed by atoms with Crippen molar-refractivity contribution in [3.8, 4) is 11.4 Å². The lowest BCUT2D eigenvalue weighted by molar-refractivity contribution is -0.132. The quantitative estimate of drug-likeness (QED) is 0.886. The summed E-state index contributed by atoms with van der Waals surface area (Å²) in [5.41, 5.74) is 7.16. The lowest BCUT2D eigenvalue weighted by atomic mass is 9.91. The third-order valence-electron chi connectivity index (χ3n) is 5.07. The van der Waals surface area contributed by atoms with E-state index in [-0.39, 0.29) is 17.8 Å². The molecule has 2 heterocycles. The van der Waals surface area contributed by atoms with Gasteiger partial charge >= 0.3 is 0 Å². The minimum absolute atomic E-state index is 0.102. The molecule has 1 atom stereocenters. The Balaban J connectivity index is 1.53. The number of piperidine rings is 1. The largest absolute Gasteiger partial charge is 0.343 e. The van der Waals surface area contributed by atoms with Gasteiger partial charge in [-0.2, -0.15) is 4.98 Å². The van der Waals surface area contributed by atoms with Crippen molar-refractivity contribution in [1.29, 1.82) is 0 Å². The molecule has 1 unspecified atom stereocenters. The minimum atomic E-state index is -0.268. The summed E-state index contributed by atoms with van der Waals surface area (Å²) in [5.74, 6) is 1.16. The maximum absolute atomic E-state index is 13.4. The SMILES string of the molecule is Cc1cc(-c2noc(CCC(=O)N3CCC(C(C)N)CC3)n2)ccc1F. The summed E-state index contributed by atoms with van der Waals surface area (Å²) in [6.45, 7) is 5.23. The second-order valence-corrected chi connectivity index (χ2v) is 7.05. The fraction of sp³-hybridized carbons (Fsp3) is 0.526. The monoisotopic (exact) mass is 360 g/mol. The number of aromatic nitrogens is 2. The van der Waals surface area contributed by atoms with Crippen LogP contribution in [-0.2, 0) is 11.2 Å². The number of amides is 1. The van der Waals surface area contributed by atoms with Crippen LogP contribution in [0.2, 0.25) is 0 Å². The summed E-state index contributed by atoms with van der Waals surface area (Å²) >= 11 is 0. The second-order valence-electron chi connectivity index (χ2n) is 7.05. The first-order valence-electron chi connectivity index (χ1n) is 9.06. The molecule has 0 bridgehead atoms. The number of hydrogen-bond acceptors (Lipinski definition) is 5. The molecule has 0 radical (unpaired) electrons. The number of halogens is 1. The highest BCUT2D eigenvalue weighted by atomic mass is 19.1. The number of aryl methyl sites for hydroxylation is 2. The molecule has 140 valence electrons. The van der Waals surface area contributed by atoms with Gasteiger partial charge in [0.05, 0.1) is 0 Å². The number of nitrogens with two attached hydrogens (primary N) is 1. The van der Waals surface area contributed by atoms with Crippen molar-refractivity contribution in [1.82, 2.24) is 15.0 Å². The first kappa shape index (κ1) is 18.5. The van der Waals surface area contributed by atoms with Crippen LogP contribution in [0.15, 0.2) is 22.7 Å². The van der Waals surface area contributed by atoms with E-state index in [0.717, 1.165) is 25.9 Å². The van der Waals surface area contributed by atoms with E-state index < -0.39 is 0 Å².